The molecule has 0 spiro atoms. The van der Waals surface area contributed by atoms with Crippen LogP contribution in [0.4, 0.5) is 0 Å². The van der Waals surface area contributed by atoms with Crippen molar-refractivity contribution in [1.82, 2.24) is 9.97 Å². The number of aliphatic hydroxyl groups is 1. The van der Waals surface area contributed by atoms with Gasteiger partial charge >= 0.3 is 0 Å². The highest BCUT2D eigenvalue weighted by Crippen LogP contribution is 2.27. The van der Waals surface area contributed by atoms with Crippen molar-refractivity contribution < 1.29 is 5.11 Å². The summed E-state index contributed by atoms with van der Waals surface area (Å²) in [6.45, 7) is -0.100. The molecule has 0 aliphatic heterocycles. The van der Waals surface area contributed by atoms with Crippen molar-refractivity contribution in [1.29, 1.82) is 0 Å². The van der Waals surface area contributed by atoms with Crippen LogP contribution in [0.3, 0.4) is 0 Å². The smallest absolute Gasteiger partial charge is 0.125 e. The summed E-state index contributed by atoms with van der Waals surface area (Å²) in [5.74, 6) is 0.634. The molecule has 0 saturated carbocycles. The molecule has 1 aliphatic carbocycles. The molecule has 4 nitrogen and oxygen atoms in total. The quantitative estimate of drug-likeness (QED) is 0.786. The molecule has 1 unspecified atom stereocenters. The summed E-state index contributed by atoms with van der Waals surface area (Å²) in [5, 5.41) is 9.04. The van der Waals surface area contributed by atoms with E-state index >= 15 is 0 Å². The molecule has 1 atom stereocenters. The van der Waals surface area contributed by atoms with Crippen molar-refractivity contribution in [3.8, 4) is 11.3 Å². The van der Waals surface area contributed by atoms with Crippen LogP contribution in [0.1, 0.15) is 35.8 Å². The van der Waals surface area contributed by atoms with E-state index in [2.05, 4.69) is 28.2 Å². The Bertz CT molecular complexity index is 577. The van der Waals surface area contributed by atoms with Gasteiger partial charge in [0, 0.05) is 0 Å². The van der Waals surface area contributed by atoms with E-state index in [-0.39, 0.29) is 6.61 Å². The van der Waals surface area contributed by atoms with Gasteiger partial charge in [-0.25, -0.2) is 4.98 Å². The number of nitrogens with zero attached hydrogens (tertiary/aromatic N) is 1. The fourth-order valence-electron chi connectivity index (χ4n) is 2.66. The van der Waals surface area contributed by atoms with E-state index in [0.29, 0.717) is 5.82 Å². The summed E-state index contributed by atoms with van der Waals surface area (Å²) in [6.07, 6.45) is 6.72. The SMILES string of the molecule is NC(CO)c1ncc(-c2ccc3c(c2)CCCC3)[nH]1. The number of aliphatic hydroxyl groups excluding tert-OH is 1. The van der Waals surface area contributed by atoms with Gasteiger partial charge in [-0.1, -0.05) is 12.1 Å². The number of benzene rings is 1. The maximum absolute atomic E-state index is 9.04. The van der Waals surface area contributed by atoms with Gasteiger partial charge in [-0.15, -0.1) is 0 Å². The topological polar surface area (TPSA) is 74.9 Å². The lowest BCUT2D eigenvalue weighted by Crippen LogP contribution is -2.15. The van der Waals surface area contributed by atoms with Crippen LogP contribution < -0.4 is 5.73 Å². The third kappa shape index (κ3) is 2.41. The molecule has 2 aromatic rings. The van der Waals surface area contributed by atoms with Crippen LogP contribution in [-0.4, -0.2) is 21.7 Å². The average molecular weight is 257 g/mol. The zero-order valence-electron chi connectivity index (χ0n) is 10.9. The number of imidazole rings is 1. The fraction of sp³-hybridized carbons (Fsp3) is 0.400. The number of nitrogens with one attached hydrogen (secondary N) is 1. The molecule has 4 N–H and O–H groups in total. The van der Waals surface area contributed by atoms with Gasteiger partial charge in [0.25, 0.3) is 0 Å². The lowest BCUT2D eigenvalue weighted by Gasteiger charge is -2.16. The van der Waals surface area contributed by atoms with Crippen molar-refractivity contribution in [2.75, 3.05) is 6.61 Å². The number of hydrogen-bond donors (Lipinski definition) is 3. The third-order valence-electron chi connectivity index (χ3n) is 3.80. The number of fused-ring (bicyclic) bond motifs is 1. The van der Waals surface area contributed by atoms with Gasteiger partial charge in [0.05, 0.1) is 24.5 Å². The molecule has 0 saturated heterocycles. The third-order valence-corrected chi connectivity index (χ3v) is 3.80. The first-order chi connectivity index (χ1) is 9.28. The summed E-state index contributed by atoms with van der Waals surface area (Å²) in [4.78, 5) is 7.43. The van der Waals surface area contributed by atoms with Gasteiger partial charge in [0.15, 0.2) is 0 Å². The van der Waals surface area contributed by atoms with Gasteiger partial charge in [0.1, 0.15) is 5.82 Å². The van der Waals surface area contributed by atoms with E-state index in [1.807, 2.05) is 0 Å². The predicted octanol–water partition coefficient (Wildman–Crippen LogP) is 1.95. The van der Waals surface area contributed by atoms with Crippen LogP contribution in [0.15, 0.2) is 24.4 Å². The molecule has 1 heterocycles. The molecule has 0 radical (unpaired) electrons. The number of aryl methyl sites for hydroxylation is 2. The first kappa shape index (κ1) is 12.4. The van der Waals surface area contributed by atoms with Gasteiger partial charge in [0.2, 0.25) is 0 Å². The van der Waals surface area contributed by atoms with Crippen LogP contribution in [0.5, 0.6) is 0 Å². The number of rotatable bonds is 3. The number of aromatic nitrogens is 2. The fourth-order valence-corrected chi connectivity index (χ4v) is 2.66. The predicted molar refractivity (Wildman–Crippen MR) is 74.7 cm³/mol. The Labute approximate surface area is 112 Å². The standard InChI is InChI=1S/C15H19N3O/c16-13(9-19)15-17-8-14(18-15)12-6-5-10-3-1-2-4-11(10)7-12/h5-8,13,19H,1-4,9,16H2,(H,17,18). The van der Waals surface area contributed by atoms with Crippen LogP contribution in [0, 0.1) is 0 Å². The van der Waals surface area contributed by atoms with E-state index < -0.39 is 6.04 Å². The molecular weight excluding hydrogens is 238 g/mol. The molecule has 1 aliphatic rings. The molecule has 3 rings (SSSR count). The Morgan fingerprint density at radius 3 is 2.84 bits per heavy atom. The van der Waals surface area contributed by atoms with Crippen LogP contribution in [0.25, 0.3) is 11.3 Å². The summed E-state index contributed by atoms with van der Waals surface area (Å²) in [7, 11) is 0. The second-order valence-corrected chi connectivity index (χ2v) is 5.16. The first-order valence-corrected chi connectivity index (χ1v) is 6.81. The van der Waals surface area contributed by atoms with Crippen molar-refractivity contribution in [2.45, 2.75) is 31.7 Å². The van der Waals surface area contributed by atoms with Gasteiger partial charge in [-0.05, 0) is 48.4 Å². The highest BCUT2D eigenvalue weighted by Gasteiger charge is 2.13. The van der Waals surface area contributed by atoms with E-state index in [1.165, 1.54) is 36.8 Å². The zero-order valence-corrected chi connectivity index (χ0v) is 10.9. The Balaban J connectivity index is 1.91. The van der Waals surface area contributed by atoms with E-state index in [4.69, 9.17) is 10.8 Å². The summed E-state index contributed by atoms with van der Waals surface area (Å²) in [6, 6.07) is 6.16. The second kappa shape index (κ2) is 5.15. The molecule has 0 bridgehead atoms. The van der Waals surface area contributed by atoms with Crippen molar-refractivity contribution in [3.05, 3.63) is 41.3 Å². The molecule has 4 heteroatoms. The monoisotopic (exact) mass is 257 g/mol. The normalized spacial score (nSPS) is 16.1. The van der Waals surface area contributed by atoms with Crippen LogP contribution in [-0.2, 0) is 12.8 Å². The number of H-pyrrole nitrogens is 1. The zero-order chi connectivity index (χ0) is 13.2. The van der Waals surface area contributed by atoms with Crippen LogP contribution >= 0.6 is 0 Å². The molecule has 100 valence electrons. The first-order valence-electron chi connectivity index (χ1n) is 6.81. The summed E-state index contributed by atoms with van der Waals surface area (Å²) < 4.78 is 0. The summed E-state index contributed by atoms with van der Waals surface area (Å²) in [5.41, 5.74) is 10.8. The van der Waals surface area contributed by atoms with Crippen LogP contribution in [0.2, 0.25) is 0 Å². The number of aromatic amines is 1. The van der Waals surface area contributed by atoms with E-state index in [9.17, 15) is 0 Å². The highest BCUT2D eigenvalue weighted by molar-refractivity contribution is 5.61. The minimum absolute atomic E-state index is 0.100. The lowest BCUT2D eigenvalue weighted by atomic mass is 9.90. The second-order valence-electron chi connectivity index (χ2n) is 5.16. The molecule has 0 amide bonds. The maximum atomic E-state index is 9.04. The minimum atomic E-state index is -0.439. The molecule has 0 fully saturated rings. The molecule has 1 aromatic heterocycles. The van der Waals surface area contributed by atoms with E-state index in [1.54, 1.807) is 6.20 Å². The van der Waals surface area contributed by atoms with Gasteiger partial charge in [-0.3, -0.25) is 0 Å². The van der Waals surface area contributed by atoms with Crippen molar-refractivity contribution >= 4 is 0 Å². The lowest BCUT2D eigenvalue weighted by molar-refractivity contribution is 0.264. The number of hydrogen-bond acceptors (Lipinski definition) is 3. The van der Waals surface area contributed by atoms with Gasteiger partial charge in [-0.2, -0.15) is 0 Å². The molecule has 19 heavy (non-hydrogen) atoms. The number of nitrogens with two attached hydrogens (primary N) is 1. The molecule has 1 aromatic carbocycles. The van der Waals surface area contributed by atoms with E-state index in [0.717, 1.165) is 11.3 Å². The highest BCUT2D eigenvalue weighted by atomic mass is 16.3. The Kier molecular flexibility index (Phi) is 3.36. The largest absolute Gasteiger partial charge is 0.394 e. The summed E-state index contributed by atoms with van der Waals surface area (Å²) >= 11 is 0. The maximum Gasteiger partial charge on any atom is 0.125 e. The minimum Gasteiger partial charge on any atom is -0.394 e. The van der Waals surface area contributed by atoms with Crippen molar-refractivity contribution in [3.63, 3.8) is 0 Å². The Morgan fingerprint density at radius 2 is 2.05 bits per heavy atom. The Morgan fingerprint density at radius 1 is 1.26 bits per heavy atom. The average Bonchev–Trinajstić information content (AvgIpc) is 2.95. The van der Waals surface area contributed by atoms with Crippen molar-refractivity contribution in [2.24, 2.45) is 5.73 Å². The van der Waals surface area contributed by atoms with Gasteiger partial charge < -0.3 is 15.8 Å². The molecular formula is C15H19N3O. The Hall–Kier alpha value is -1.65.